The van der Waals surface area contributed by atoms with E-state index in [1.807, 2.05) is 6.92 Å². The standard InChI is InChI=1S/C13H26O4S/c1-5-6-7-10-18(15,16)11-8-9-12(14)17-13(2,3)4/h5-11H2,1-4H3. The third-order valence-corrected chi connectivity index (χ3v) is 4.14. The molecule has 0 aromatic heterocycles. The van der Waals surface area contributed by atoms with Crippen LogP contribution in [-0.4, -0.2) is 31.5 Å². The predicted octanol–water partition coefficient (Wildman–Crippen LogP) is 2.71. The summed E-state index contributed by atoms with van der Waals surface area (Å²) >= 11 is 0. The summed E-state index contributed by atoms with van der Waals surface area (Å²) in [6.07, 6.45) is 3.18. The summed E-state index contributed by atoms with van der Waals surface area (Å²) < 4.78 is 28.4. The molecule has 0 atom stereocenters. The maximum Gasteiger partial charge on any atom is 0.306 e. The van der Waals surface area contributed by atoms with Gasteiger partial charge in [0.25, 0.3) is 0 Å². The number of esters is 1. The van der Waals surface area contributed by atoms with Gasteiger partial charge in [-0.1, -0.05) is 19.8 Å². The van der Waals surface area contributed by atoms with Crippen LogP contribution in [0.25, 0.3) is 0 Å². The molecule has 0 aliphatic carbocycles. The van der Waals surface area contributed by atoms with Crippen molar-refractivity contribution in [2.24, 2.45) is 0 Å². The summed E-state index contributed by atoms with van der Waals surface area (Å²) in [6.45, 7) is 7.43. The monoisotopic (exact) mass is 278 g/mol. The highest BCUT2D eigenvalue weighted by atomic mass is 32.2. The zero-order chi connectivity index (χ0) is 14.2. The van der Waals surface area contributed by atoms with Crippen LogP contribution in [-0.2, 0) is 19.4 Å². The average Bonchev–Trinajstić information content (AvgIpc) is 2.14. The molecule has 0 rings (SSSR count). The Bertz CT molecular complexity index is 338. The molecule has 0 fully saturated rings. The van der Waals surface area contributed by atoms with Crippen LogP contribution < -0.4 is 0 Å². The third-order valence-electron chi connectivity index (χ3n) is 2.32. The number of unbranched alkanes of at least 4 members (excludes halogenated alkanes) is 2. The van der Waals surface area contributed by atoms with Crippen molar-refractivity contribution in [3.05, 3.63) is 0 Å². The first-order chi connectivity index (χ1) is 8.16. The molecule has 0 aliphatic rings. The molecule has 0 aromatic rings. The van der Waals surface area contributed by atoms with Gasteiger partial charge in [0, 0.05) is 6.42 Å². The fraction of sp³-hybridized carbons (Fsp3) is 0.923. The molecule has 0 spiro atoms. The molecule has 0 unspecified atom stereocenters. The topological polar surface area (TPSA) is 60.4 Å². The van der Waals surface area contributed by atoms with Crippen molar-refractivity contribution >= 4 is 15.8 Å². The van der Waals surface area contributed by atoms with Gasteiger partial charge in [0.05, 0.1) is 11.5 Å². The fourth-order valence-electron chi connectivity index (χ4n) is 1.50. The van der Waals surface area contributed by atoms with Crippen molar-refractivity contribution < 1.29 is 17.9 Å². The molecule has 0 saturated heterocycles. The smallest absolute Gasteiger partial charge is 0.306 e. The van der Waals surface area contributed by atoms with Crippen molar-refractivity contribution in [1.29, 1.82) is 0 Å². The first-order valence-electron chi connectivity index (χ1n) is 6.58. The lowest BCUT2D eigenvalue weighted by Gasteiger charge is -2.19. The number of rotatable bonds is 8. The van der Waals surface area contributed by atoms with Crippen LogP contribution in [0.4, 0.5) is 0 Å². The SMILES string of the molecule is CCCCCS(=O)(=O)CCCC(=O)OC(C)(C)C. The maximum atomic E-state index is 11.6. The highest BCUT2D eigenvalue weighted by molar-refractivity contribution is 7.91. The van der Waals surface area contributed by atoms with E-state index in [2.05, 4.69) is 0 Å². The molecule has 0 saturated carbocycles. The maximum absolute atomic E-state index is 11.6. The van der Waals surface area contributed by atoms with Crippen LogP contribution in [0.5, 0.6) is 0 Å². The molecule has 0 aliphatic heterocycles. The van der Waals surface area contributed by atoms with Gasteiger partial charge in [-0.2, -0.15) is 0 Å². The lowest BCUT2D eigenvalue weighted by molar-refractivity contribution is -0.154. The molecule has 0 N–H and O–H groups in total. The second-order valence-electron chi connectivity index (χ2n) is 5.55. The zero-order valence-corrected chi connectivity index (χ0v) is 12.8. The number of sulfone groups is 1. The Morgan fingerprint density at radius 2 is 1.61 bits per heavy atom. The van der Waals surface area contributed by atoms with Crippen molar-refractivity contribution in [3.63, 3.8) is 0 Å². The Morgan fingerprint density at radius 3 is 2.11 bits per heavy atom. The van der Waals surface area contributed by atoms with Crippen LogP contribution in [0.15, 0.2) is 0 Å². The van der Waals surface area contributed by atoms with E-state index in [-0.39, 0.29) is 23.9 Å². The van der Waals surface area contributed by atoms with Gasteiger partial charge in [-0.15, -0.1) is 0 Å². The summed E-state index contributed by atoms with van der Waals surface area (Å²) in [5.41, 5.74) is -0.503. The minimum absolute atomic E-state index is 0.0793. The van der Waals surface area contributed by atoms with Gasteiger partial charge >= 0.3 is 5.97 Å². The first kappa shape index (κ1) is 17.4. The predicted molar refractivity (Wildman–Crippen MR) is 73.3 cm³/mol. The van der Waals surface area contributed by atoms with Crippen LogP contribution in [0, 0.1) is 0 Å². The highest BCUT2D eigenvalue weighted by Gasteiger charge is 2.17. The van der Waals surface area contributed by atoms with Crippen molar-refractivity contribution in [3.8, 4) is 0 Å². The first-order valence-corrected chi connectivity index (χ1v) is 8.41. The summed E-state index contributed by atoms with van der Waals surface area (Å²) in [6, 6.07) is 0. The van der Waals surface area contributed by atoms with E-state index in [0.29, 0.717) is 12.8 Å². The van der Waals surface area contributed by atoms with E-state index in [0.717, 1.165) is 12.8 Å². The summed E-state index contributed by atoms with van der Waals surface area (Å²) in [5, 5.41) is 0. The number of carbonyl (C=O) groups is 1. The molecular formula is C13H26O4S. The third kappa shape index (κ3) is 10.6. The summed E-state index contributed by atoms with van der Waals surface area (Å²) in [5.74, 6) is -0.0169. The van der Waals surface area contributed by atoms with E-state index in [1.54, 1.807) is 20.8 Å². The van der Waals surface area contributed by atoms with E-state index in [9.17, 15) is 13.2 Å². The zero-order valence-electron chi connectivity index (χ0n) is 12.0. The second-order valence-corrected chi connectivity index (χ2v) is 7.85. The van der Waals surface area contributed by atoms with Crippen LogP contribution in [0.3, 0.4) is 0 Å². The van der Waals surface area contributed by atoms with Crippen LogP contribution in [0.2, 0.25) is 0 Å². The van der Waals surface area contributed by atoms with Crippen LogP contribution in [0.1, 0.15) is 59.8 Å². The molecule has 0 heterocycles. The summed E-state index contributed by atoms with van der Waals surface area (Å²) in [4.78, 5) is 11.4. The Hall–Kier alpha value is -0.580. The Balaban J connectivity index is 3.86. The van der Waals surface area contributed by atoms with Crippen molar-refractivity contribution in [2.75, 3.05) is 11.5 Å². The molecule has 0 aromatic carbocycles. The minimum atomic E-state index is -3.00. The number of hydrogen-bond donors (Lipinski definition) is 0. The lowest BCUT2D eigenvalue weighted by atomic mass is 10.2. The Morgan fingerprint density at radius 1 is 1.06 bits per heavy atom. The van der Waals surface area contributed by atoms with Gasteiger partial charge in [-0.3, -0.25) is 4.79 Å². The molecule has 0 bridgehead atoms. The van der Waals surface area contributed by atoms with Gasteiger partial charge < -0.3 is 4.74 Å². The largest absolute Gasteiger partial charge is 0.460 e. The van der Waals surface area contributed by atoms with Gasteiger partial charge in [0.1, 0.15) is 15.4 Å². The van der Waals surface area contributed by atoms with Crippen molar-refractivity contribution in [2.45, 2.75) is 65.4 Å². The second kappa shape index (κ2) is 7.77. The van der Waals surface area contributed by atoms with Crippen LogP contribution >= 0.6 is 0 Å². The van der Waals surface area contributed by atoms with Gasteiger partial charge in [-0.25, -0.2) is 8.42 Å². The number of ether oxygens (including phenoxy) is 1. The number of hydrogen-bond acceptors (Lipinski definition) is 4. The van der Waals surface area contributed by atoms with Gasteiger partial charge in [-0.05, 0) is 33.6 Å². The minimum Gasteiger partial charge on any atom is -0.460 e. The lowest BCUT2D eigenvalue weighted by Crippen LogP contribution is -2.24. The normalized spacial score (nSPS) is 12.4. The van der Waals surface area contributed by atoms with Gasteiger partial charge in [0.2, 0.25) is 0 Å². The van der Waals surface area contributed by atoms with Gasteiger partial charge in [0.15, 0.2) is 0 Å². The Labute approximate surface area is 111 Å². The molecule has 0 amide bonds. The molecule has 4 nitrogen and oxygen atoms in total. The highest BCUT2D eigenvalue weighted by Crippen LogP contribution is 2.10. The van der Waals surface area contributed by atoms with E-state index >= 15 is 0 Å². The van der Waals surface area contributed by atoms with Crippen molar-refractivity contribution in [1.82, 2.24) is 0 Å². The average molecular weight is 278 g/mol. The molecule has 108 valence electrons. The van der Waals surface area contributed by atoms with E-state index in [1.165, 1.54) is 0 Å². The quantitative estimate of drug-likeness (QED) is 0.506. The van der Waals surface area contributed by atoms with E-state index < -0.39 is 15.4 Å². The Kier molecular flexibility index (Phi) is 7.52. The molecular weight excluding hydrogens is 252 g/mol. The fourth-order valence-corrected chi connectivity index (χ4v) is 2.94. The number of carbonyl (C=O) groups excluding carboxylic acids is 1. The molecule has 0 radical (unpaired) electrons. The van der Waals surface area contributed by atoms with E-state index in [4.69, 9.17) is 4.74 Å². The summed E-state index contributed by atoms with van der Waals surface area (Å²) in [7, 11) is -3.00. The molecule has 5 heteroatoms. The molecule has 18 heavy (non-hydrogen) atoms.